The fourth-order valence-electron chi connectivity index (χ4n) is 4.94. The first-order chi connectivity index (χ1) is 18.0. The number of carbonyl (C=O) groups excluding carboxylic acids is 2. The van der Waals surface area contributed by atoms with Crippen LogP contribution < -0.4 is 10.2 Å². The number of rotatable bonds is 7. The number of halogens is 1. The number of thioether (sulfide) groups is 1. The van der Waals surface area contributed by atoms with E-state index in [0.717, 1.165) is 42.0 Å². The number of nitrogens with one attached hydrogen (secondary N) is 1. The number of hydrogen-bond donors (Lipinski definition) is 1. The van der Waals surface area contributed by atoms with Crippen molar-refractivity contribution in [1.82, 2.24) is 10.2 Å². The molecular formula is C30H30FN3O2S. The second kappa shape index (κ2) is 11.3. The van der Waals surface area contributed by atoms with Gasteiger partial charge in [0.2, 0.25) is 0 Å². The summed E-state index contributed by atoms with van der Waals surface area (Å²) in [5.74, 6) is -0.611. The van der Waals surface area contributed by atoms with Crippen LogP contribution in [0, 0.1) is 5.82 Å². The molecule has 1 unspecified atom stereocenters. The van der Waals surface area contributed by atoms with Gasteiger partial charge in [0, 0.05) is 23.0 Å². The summed E-state index contributed by atoms with van der Waals surface area (Å²) in [5.41, 5.74) is 2.95. The summed E-state index contributed by atoms with van der Waals surface area (Å²) in [6, 6.07) is 21.8. The number of benzene rings is 3. The maximum atomic E-state index is 13.7. The fourth-order valence-corrected chi connectivity index (χ4v) is 5.98. The van der Waals surface area contributed by atoms with Gasteiger partial charge in [-0.25, -0.2) is 4.39 Å². The van der Waals surface area contributed by atoms with Crippen molar-refractivity contribution in [3.63, 3.8) is 0 Å². The molecule has 0 aromatic heterocycles. The Bertz CT molecular complexity index is 1310. The molecule has 2 aliphatic heterocycles. The zero-order valence-electron chi connectivity index (χ0n) is 20.8. The highest BCUT2D eigenvalue weighted by molar-refractivity contribution is 8.04. The van der Waals surface area contributed by atoms with Crippen LogP contribution in [0.15, 0.2) is 82.6 Å². The number of hydrogen-bond acceptors (Lipinski definition) is 4. The highest BCUT2D eigenvalue weighted by atomic mass is 32.2. The molecule has 1 fully saturated rings. The quantitative estimate of drug-likeness (QED) is 0.409. The van der Waals surface area contributed by atoms with E-state index in [1.165, 1.54) is 23.9 Å². The molecule has 0 spiro atoms. The van der Waals surface area contributed by atoms with Crippen molar-refractivity contribution in [3.8, 4) is 0 Å². The van der Waals surface area contributed by atoms with Crippen molar-refractivity contribution >= 4 is 35.3 Å². The topological polar surface area (TPSA) is 52.7 Å². The largest absolute Gasteiger partial charge is 0.350 e. The fraction of sp³-hybridized carbons (Fsp3) is 0.267. The van der Waals surface area contributed by atoms with Gasteiger partial charge in [-0.1, -0.05) is 61.2 Å². The van der Waals surface area contributed by atoms with E-state index in [9.17, 15) is 14.0 Å². The standard InChI is InChI=1S/C30H30FN3O2S/c1-2-33-16-6-9-25(33)19-32-29(35)23-12-15-27-26(18-23)34(20-22-10-13-24(31)14-11-22)30(36)28(37-27)17-21-7-4-3-5-8-21/h3-5,7-8,10-15,17-18,25H,2,6,9,16,19-20H2,1H3,(H,32,35). The first-order valence-corrected chi connectivity index (χ1v) is 13.5. The monoisotopic (exact) mass is 515 g/mol. The molecule has 1 N–H and O–H groups in total. The van der Waals surface area contributed by atoms with Crippen LogP contribution in [0.5, 0.6) is 0 Å². The molecule has 0 aliphatic carbocycles. The summed E-state index contributed by atoms with van der Waals surface area (Å²) in [5, 5.41) is 3.09. The summed E-state index contributed by atoms with van der Waals surface area (Å²) in [4.78, 5) is 32.3. The second-order valence-electron chi connectivity index (χ2n) is 9.36. The third kappa shape index (κ3) is 5.78. The molecule has 37 heavy (non-hydrogen) atoms. The Balaban J connectivity index is 1.43. The van der Waals surface area contributed by atoms with E-state index in [-0.39, 0.29) is 24.2 Å². The lowest BCUT2D eigenvalue weighted by molar-refractivity contribution is -0.114. The number of nitrogens with zero attached hydrogens (tertiary/aromatic N) is 2. The maximum absolute atomic E-state index is 13.7. The lowest BCUT2D eigenvalue weighted by atomic mass is 10.1. The van der Waals surface area contributed by atoms with Crippen LogP contribution in [0.2, 0.25) is 0 Å². The van der Waals surface area contributed by atoms with Gasteiger partial charge in [0.25, 0.3) is 11.8 Å². The predicted molar refractivity (Wildman–Crippen MR) is 147 cm³/mol. The Labute approximate surface area is 221 Å². The molecule has 2 aliphatic rings. The normalized spacial score (nSPS) is 18.8. The molecule has 0 radical (unpaired) electrons. The van der Waals surface area contributed by atoms with E-state index in [1.54, 1.807) is 23.1 Å². The van der Waals surface area contributed by atoms with Gasteiger partial charge in [0.05, 0.1) is 17.1 Å². The maximum Gasteiger partial charge on any atom is 0.265 e. The molecule has 0 bridgehead atoms. The number of carbonyl (C=O) groups is 2. The molecule has 5 nitrogen and oxygen atoms in total. The van der Waals surface area contributed by atoms with Crippen LogP contribution in [0.25, 0.3) is 6.08 Å². The van der Waals surface area contributed by atoms with Gasteiger partial charge in [-0.15, -0.1) is 0 Å². The third-order valence-corrected chi connectivity index (χ3v) is 8.02. The van der Waals surface area contributed by atoms with Gasteiger partial charge in [-0.05, 0) is 73.5 Å². The van der Waals surface area contributed by atoms with Crippen molar-refractivity contribution in [2.75, 3.05) is 24.5 Å². The summed E-state index contributed by atoms with van der Waals surface area (Å²) in [6.07, 6.45) is 4.13. The van der Waals surface area contributed by atoms with E-state index < -0.39 is 0 Å². The van der Waals surface area contributed by atoms with Gasteiger partial charge in [-0.2, -0.15) is 0 Å². The van der Waals surface area contributed by atoms with Crippen LogP contribution in [0.4, 0.5) is 10.1 Å². The molecule has 7 heteroatoms. The van der Waals surface area contributed by atoms with Crippen molar-refractivity contribution in [2.24, 2.45) is 0 Å². The molecule has 3 aromatic carbocycles. The Hall–Kier alpha value is -3.42. The molecule has 3 aromatic rings. The Morgan fingerprint density at radius 3 is 2.65 bits per heavy atom. The van der Waals surface area contributed by atoms with Gasteiger partial charge < -0.3 is 10.2 Å². The van der Waals surface area contributed by atoms with Crippen molar-refractivity contribution < 1.29 is 14.0 Å². The van der Waals surface area contributed by atoms with Crippen LogP contribution in [-0.4, -0.2) is 42.4 Å². The van der Waals surface area contributed by atoms with Crippen molar-refractivity contribution in [3.05, 3.63) is 100 Å². The SMILES string of the molecule is CCN1CCCC1CNC(=O)c1ccc2c(c1)N(Cc1ccc(F)cc1)C(=O)C(=Cc1ccccc1)S2. The molecule has 2 amide bonds. The summed E-state index contributed by atoms with van der Waals surface area (Å²) < 4.78 is 13.5. The molecule has 5 rings (SSSR count). The Kier molecular flexibility index (Phi) is 7.72. The molecule has 1 atom stereocenters. The number of likely N-dealkylation sites (N-methyl/N-ethyl adjacent to an activating group) is 1. The van der Waals surface area contributed by atoms with Crippen LogP contribution in [0.1, 0.15) is 41.3 Å². The van der Waals surface area contributed by atoms with E-state index in [0.29, 0.717) is 28.7 Å². The van der Waals surface area contributed by atoms with Gasteiger partial charge >= 0.3 is 0 Å². The zero-order valence-corrected chi connectivity index (χ0v) is 21.6. The highest BCUT2D eigenvalue weighted by Gasteiger charge is 2.30. The minimum absolute atomic E-state index is 0.143. The van der Waals surface area contributed by atoms with E-state index in [1.807, 2.05) is 48.5 Å². The van der Waals surface area contributed by atoms with E-state index >= 15 is 0 Å². The van der Waals surface area contributed by atoms with Crippen molar-refractivity contribution in [1.29, 1.82) is 0 Å². The first-order valence-electron chi connectivity index (χ1n) is 12.7. The third-order valence-electron chi connectivity index (χ3n) is 6.94. The average molecular weight is 516 g/mol. The first kappa shape index (κ1) is 25.2. The molecule has 190 valence electrons. The van der Waals surface area contributed by atoms with Crippen LogP contribution >= 0.6 is 11.8 Å². The van der Waals surface area contributed by atoms with Gasteiger partial charge in [0.15, 0.2) is 0 Å². The van der Waals surface area contributed by atoms with Crippen molar-refractivity contribution in [2.45, 2.75) is 37.2 Å². The second-order valence-corrected chi connectivity index (χ2v) is 10.4. The summed E-state index contributed by atoms with van der Waals surface area (Å²) >= 11 is 1.41. The number of likely N-dealkylation sites (tertiary alicyclic amines) is 1. The van der Waals surface area contributed by atoms with Gasteiger partial charge in [0.1, 0.15) is 5.82 Å². The average Bonchev–Trinajstić information content (AvgIpc) is 3.39. The highest BCUT2D eigenvalue weighted by Crippen LogP contribution is 2.43. The minimum atomic E-state index is -0.322. The van der Waals surface area contributed by atoms with E-state index in [2.05, 4.69) is 17.1 Å². The van der Waals surface area contributed by atoms with Gasteiger partial charge in [-0.3, -0.25) is 14.5 Å². The molecule has 0 saturated carbocycles. The summed E-state index contributed by atoms with van der Waals surface area (Å²) in [7, 11) is 0. The number of anilines is 1. The summed E-state index contributed by atoms with van der Waals surface area (Å²) in [6.45, 7) is 5.09. The van der Waals surface area contributed by atoms with Crippen LogP contribution in [0.3, 0.4) is 0 Å². The van der Waals surface area contributed by atoms with E-state index in [4.69, 9.17) is 0 Å². The zero-order chi connectivity index (χ0) is 25.8. The Morgan fingerprint density at radius 1 is 1.11 bits per heavy atom. The molecular weight excluding hydrogens is 485 g/mol. The predicted octanol–water partition coefficient (Wildman–Crippen LogP) is 5.72. The smallest absolute Gasteiger partial charge is 0.265 e. The van der Waals surface area contributed by atoms with Crippen LogP contribution in [-0.2, 0) is 11.3 Å². The Morgan fingerprint density at radius 2 is 1.89 bits per heavy atom. The number of fused-ring (bicyclic) bond motifs is 1. The lowest BCUT2D eigenvalue weighted by Crippen LogP contribution is -2.40. The molecule has 2 heterocycles. The lowest BCUT2D eigenvalue weighted by Gasteiger charge is -2.31. The number of amides is 2. The molecule has 1 saturated heterocycles. The minimum Gasteiger partial charge on any atom is -0.350 e.